The molecule has 2 unspecified atom stereocenters. The van der Waals surface area contributed by atoms with Crippen LogP contribution in [0, 0.1) is 5.92 Å². The molecule has 1 aliphatic rings. The first-order valence-electron chi connectivity index (χ1n) is 7.66. The van der Waals surface area contributed by atoms with E-state index in [1.165, 1.54) is 6.26 Å². The molecular weight excluding hydrogens is 288 g/mol. The molecule has 1 aliphatic carbocycles. The van der Waals surface area contributed by atoms with Crippen molar-refractivity contribution in [1.82, 2.24) is 9.78 Å². The van der Waals surface area contributed by atoms with Crippen molar-refractivity contribution < 1.29 is 13.2 Å². The lowest BCUT2D eigenvalue weighted by molar-refractivity contribution is 0.0879. The maximum Gasteiger partial charge on any atom is 0.183 e. The van der Waals surface area contributed by atoms with Crippen LogP contribution in [0.15, 0.2) is 6.07 Å². The molecule has 0 aliphatic heterocycles. The second-order valence-corrected chi connectivity index (χ2v) is 8.20. The van der Waals surface area contributed by atoms with Gasteiger partial charge in [0.05, 0.1) is 10.9 Å². The van der Waals surface area contributed by atoms with Crippen LogP contribution >= 0.6 is 0 Å². The van der Waals surface area contributed by atoms with Crippen molar-refractivity contribution in [3.05, 3.63) is 17.5 Å². The van der Waals surface area contributed by atoms with Gasteiger partial charge in [-0.15, -0.1) is 0 Å². The van der Waals surface area contributed by atoms with Crippen molar-refractivity contribution in [2.24, 2.45) is 5.92 Å². The van der Waals surface area contributed by atoms with Crippen LogP contribution < -0.4 is 0 Å². The fourth-order valence-electron chi connectivity index (χ4n) is 3.06. The molecule has 0 amide bonds. The van der Waals surface area contributed by atoms with Gasteiger partial charge in [-0.1, -0.05) is 13.3 Å². The van der Waals surface area contributed by atoms with E-state index in [0.29, 0.717) is 25.1 Å². The van der Waals surface area contributed by atoms with Crippen LogP contribution in [0.2, 0.25) is 0 Å². The smallest absolute Gasteiger partial charge is 0.183 e. The van der Waals surface area contributed by atoms with Gasteiger partial charge in [0.15, 0.2) is 5.78 Å². The Labute approximate surface area is 126 Å². The molecule has 1 aromatic heterocycles. The summed E-state index contributed by atoms with van der Waals surface area (Å²) in [5, 5.41) is 4.04. The van der Waals surface area contributed by atoms with Gasteiger partial charge in [0.25, 0.3) is 0 Å². The van der Waals surface area contributed by atoms with Gasteiger partial charge in [0.1, 0.15) is 15.5 Å². The Morgan fingerprint density at radius 2 is 2.10 bits per heavy atom. The van der Waals surface area contributed by atoms with Crippen molar-refractivity contribution >= 4 is 15.6 Å². The highest BCUT2D eigenvalue weighted by molar-refractivity contribution is 7.91. The van der Waals surface area contributed by atoms with Crippen LogP contribution in [0.25, 0.3) is 0 Å². The molecule has 0 saturated heterocycles. The largest absolute Gasteiger partial charge is 0.292 e. The predicted octanol–water partition coefficient (Wildman–Crippen LogP) is 2.25. The van der Waals surface area contributed by atoms with Gasteiger partial charge in [-0.05, 0) is 38.7 Å². The zero-order valence-corrected chi connectivity index (χ0v) is 13.8. The van der Waals surface area contributed by atoms with Crippen LogP contribution in [-0.4, -0.2) is 35.5 Å². The third-order valence-electron chi connectivity index (χ3n) is 4.35. The molecule has 2 rings (SSSR count). The molecule has 1 heterocycles. The van der Waals surface area contributed by atoms with Gasteiger partial charge in [-0.3, -0.25) is 9.48 Å². The highest BCUT2D eigenvalue weighted by Crippen LogP contribution is 2.31. The molecule has 1 saturated carbocycles. The second kappa shape index (κ2) is 6.30. The predicted molar refractivity (Wildman–Crippen MR) is 82.2 cm³/mol. The molecule has 6 heteroatoms. The van der Waals surface area contributed by atoms with E-state index in [1.54, 1.807) is 4.68 Å². The zero-order valence-electron chi connectivity index (χ0n) is 13.0. The number of nitrogens with zero attached hydrogens (tertiary/aromatic N) is 2. The molecule has 21 heavy (non-hydrogen) atoms. The Balaban J connectivity index is 2.21. The standard InChI is InChI=1S/C15H24N2O3S/c1-4-12-10-14(17(5-2)16-12)15(18)11-7-6-8-13(9-11)21(3,19)20/h10-11,13H,4-9H2,1-3H3. The highest BCUT2D eigenvalue weighted by atomic mass is 32.2. The summed E-state index contributed by atoms with van der Waals surface area (Å²) in [4.78, 5) is 12.7. The summed E-state index contributed by atoms with van der Waals surface area (Å²) in [6.45, 7) is 4.63. The van der Waals surface area contributed by atoms with Crippen LogP contribution in [0.1, 0.15) is 55.7 Å². The number of ketones is 1. The zero-order chi connectivity index (χ0) is 15.6. The summed E-state index contributed by atoms with van der Waals surface area (Å²) < 4.78 is 25.2. The van der Waals surface area contributed by atoms with Crippen LogP contribution in [-0.2, 0) is 22.8 Å². The van der Waals surface area contributed by atoms with E-state index in [1.807, 2.05) is 19.9 Å². The Kier molecular flexibility index (Phi) is 4.86. The van der Waals surface area contributed by atoms with E-state index in [2.05, 4.69) is 5.10 Å². The van der Waals surface area contributed by atoms with E-state index in [9.17, 15) is 13.2 Å². The monoisotopic (exact) mass is 312 g/mol. The lowest BCUT2D eigenvalue weighted by Crippen LogP contribution is -2.31. The number of sulfone groups is 1. The maximum atomic E-state index is 12.7. The molecule has 0 N–H and O–H groups in total. The third kappa shape index (κ3) is 3.54. The van der Waals surface area contributed by atoms with Gasteiger partial charge >= 0.3 is 0 Å². The van der Waals surface area contributed by atoms with Crippen LogP contribution in [0.5, 0.6) is 0 Å². The molecule has 1 aromatic rings. The Morgan fingerprint density at radius 1 is 1.38 bits per heavy atom. The molecule has 2 atom stereocenters. The molecule has 0 radical (unpaired) electrons. The molecular formula is C15H24N2O3S. The minimum absolute atomic E-state index is 0.0531. The first kappa shape index (κ1) is 16.2. The number of rotatable bonds is 5. The molecule has 0 bridgehead atoms. The summed E-state index contributed by atoms with van der Waals surface area (Å²) in [5.41, 5.74) is 1.55. The maximum absolute atomic E-state index is 12.7. The summed E-state index contributed by atoms with van der Waals surface area (Å²) in [6.07, 6.45) is 4.78. The first-order chi connectivity index (χ1) is 9.86. The van der Waals surface area contributed by atoms with Gasteiger partial charge in [0, 0.05) is 18.7 Å². The molecule has 0 aromatic carbocycles. The van der Waals surface area contributed by atoms with E-state index in [-0.39, 0.29) is 17.0 Å². The normalized spacial score (nSPS) is 23.2. The number of hydrogen-bond donors (Lipinski definition) is 0. The number of carbonyl (C=O) groups is 1. The summed E-state index contributed by atoms with van der Waals surface area (Å²) in [6, 6.07) is 1.86. The average Bonchev–Trinajstić information content (AvgIpc) is 2.89. The van der Waals surface area contributed by atoms with Gasteiger partial charge in [-0.25, -0.2) is 8.42 Å². The third-order valence-corrected chi connectivity index (χ3v) is 5.99. The minimum Gasteiger partial charge on any atom is -0.292 e. The van der Waals surface area contributed by atoms with E-state index < -0.39 is 9.84 Å². The fraction of sp³-hybridized carbons (Fsp3) is 0.733. The van der Waals surface area contributed by atoms with Crippen molar-refractivity contribution in [2.45, 2.75) is 57.7 Å². The molecule has 5 nitrogen and oxygen atoms in total. The number of aryl methyl sites for hydroxylation is 2. The summed E-state index contributed by atoms with van der Waals surface area (Å²) in [5.74, 6) is -0.136. The Morgan fingerprint density at radius 3 is 2.67 bits per heavy atom. The fourth-order valence-corrected chi connectivity index (χ4v) is 4.24. The lowest BCUT2D eigenvalue weighted by Gasteiger charge is -2.27. The number of Topliss-reactive ketones (excluding diaryl/α,β-unsaturated/α-hetero) is 1. The summed E-state index contributed by atoms with van der Waals surface area (Å²) >= 11 is 0. The number of carbonyl (C=O) groups excluding carboxylic acids is 1. The SMILES string of the molecule is CCc1cc(C(=O)C2CCCC(S(C)(=O)=O)C2)n(CC)n1. The van der Waals surface area contributed by atoms with Crippen LogP contribution in [0.3, 0.4) is 0 Å². The topological polar surface area (TPSA) is 69.0 Å². The number of aromatic nitrogens is 2. The lowest BCUT2D eigenvalue weighted by atomic mass is 9.84. The molecule has 118 valence electrons. The molecule has 0 spiro atoms. The van der Waals surface area contributed by atoms with Gasteiger partial charge < -0.3 is 0 Å². The quantitative estimate of drug-likeness (QED) is 0.782. The Hall–Kier alpha value is -1.17. The van der Waals surface area contributed by atoms with Crippen molar-refractivity contribution in [2.75, 3.05) is 6.26 Å². The minimum atomic E-state index is -3.06. The van der Waals surface area contributed by atoms with E-state index in [4.69, 9.17) is 0 Å². The Bertz CT molecular complexity index is 619. The van der Waals surface area contributed by atoms with E-state index >= 15 is 0 Å². The van der Waals surface area contributed by atoms with Gasteiger partial charge in [0.2, 0.25) is 0 Å². The second-order valence-electron chi connectivity index (χ2n) is 5.87. The highest BCUT2D eigenvalue weighted by Gasteiger charge is 2.34. The van der Waals surface area contributed by atoms with E-state index in [0.717, 1.165) is 25.0 Å². The number of hydrogen-bond acceptors (Lipinski definition) is 4. The van der Waals surface area contributed by atoms with Crippen molar-refractivity contribution in [3.8, 4) is 0 Å². The van der Waals surface area contributed by atoms with Crippen LogP contribution in [0.4, 0.5) is 0 Å². The van der Waals surface area contributed by atoms with Gasteiger partial charge in [-0.2, -0.15) is 5.10 Å². The first-order valence-corrected chi connectivity index (χ1v) is 9.62. The molecule has 1 fully saturated rings. The summed E-state index contributed by atoms with van der Waals surface area (Å²) in [7, 11) is -3.06. The van der Waals surface area contributed by atoms with Crippen molar-refractivity contribution in [1.29, 1.82) is 0 Å². The average molecular weight is 312 g/mol. The van der Waals surface area contributed by atoms with Crippen molar-refractivity contribution in [3.63, 3.8) is 0 Å².